The number of aliphatic hydroxyl groups excluding tert-OH is 2. The summed E-state index contributed by atoms with van der Waals surface area (Å²) in [6.45, 7) is 8.66. The summed E-state index contributed by atoms with van der Waals surface area (Å²) >= 11 is 0. The van der Waals surface area contributed by atoms with E-state index in [0.717, 1.165) is 0 Å². The van der Waals surface area contributed by atoms with Gasteiger partial charge in [-0.15, -0.1) is 0 Å². The zero-order valence-electron chi connectivity index (χ0n) is 17.3. The van der Waals surface area contributed by atoms with Crippen LogP contribution in [0.5, 0.6) is 0 Å². The van der Waals surface area contributed by atoms with Gasteiger partial charge in [-0.25, -0.2) is 9.59 Å². The molecule has 2 bridgehead atoms. The third-order valence-electron chi connectivity index (χ3n) is 6.64. The fourth-order valence-electron chi connectivity index (χ4n) is 4.68. The molecule has 3 rings (SSSR count). The number of hydrogen-bond acceptors (Lipinski definition) is 8. The van der Waals surface area contributed by atoms with Crippen LogP contribution < -0.4 is 0 Å². The van der Waals surface area contributed by atoms with Gasteiger partial charge >= 0.3 is 11.9 Å². The molecule has 0 aromatic rings. The molecule has 2 N–H and O–H groups in total. The molecule has 0 radical (unpaired) electrons. The van der Waals surface area contributed by atoms with Crippen molar-refractivity contribution in [2.24, 2.45) is 11.8 Å². The van der Waals surface area contributed by atoms with E-state index in [9.17, 15) is 19.8 Å². The molecule has 8 heteroatoms. The first-order valence-corrected chi connectivity index (χ1v) is 9.88. The minimum Gasteiger partial charge on any atom is -0.458 e. The molecule has 3 fully saturated rings. The van der Waals surface area contributed by atoms with Crippen molar-refractivity contribution in [2.75, 3.05) is 13.7 Å². The van der Waals surface area contributed by atoms with Crippen molar-refractivity contribution in [1.29, 1.82) is 0 Å². The van der Waals surface area contributed by atoms with Gasteiger partial charge in [-0.1, -0.05) is 12.7 Å². The second-order valence-electron chi connectivity index (χ2n) is 8.38. The highest BCUT2D eigenvalue weighted by atomic mass is 16.7. The van der Waals surface area contributed by atoms with Gasteiger partial charge in [-0.05, 0) is 27.2 Å². The minimum absolute atomic E-state index is 0.122. The molecule has 7 unspecified atom stereocenters. The van der Waals surface area contributed by atoms with Crippen LogP contribution in [0.25, 0.3) is 0 Å². The van der Waals surface area contributed by atoms with E-state index in [1.807, 2.05) is 0 Å². The SMILES string of the molecule is C=C1C(=O)OC2CC(CO)C3(OC)CC(O)C(C)(CC(OC(=O)C(C)=CC)C12)O3. The van der Waals surface area contributed by atoms with Gasteiger partial charge in [0, 0.05) is 37.0 Å². The molecule has 3 saturated heterocycles. The maximum Gasteiger partial charge on any atom is 0.334 e. The lowest BCUT2D eigenvalue weighted by atomic mass is 9.77. The summed E-state index contributed by atoms with van der Waals surface area (Å²) in [6.07, 6.45) is -0.232. The molecule has 7 atom stereocenters. The molecule has 3 heterocycles. The highest BCUT2D eigenvalue weighted by Crippen LogP contribution is 2.51. The van der Waals surface area contributed by atoms with Crippen molar-refractivity contribution >= 4 is 11.9 Å². The Kier molecular flexibility index (Phi) is 5.93. The molecule has 3 aliphatic heterocycles. The largest absolute Gasteiger partial charge is 0.458 e. The Morgan fingerprint density at radius 1 is 1.41 bits per heavy atom. The molecule has 3 aliphatic rings. The Labute approximate surface area is 170 Å². The van der Waals surface area contributed by atoms with Crippen molar-refractivity contribution in [3.8, 4) is 0 Å². The van der Waals surface area contributed by atoms with Crippen molar-refractivity contribution in [3.63, 3.8) is 0 Å². The number of fused-ring (bicyclic) bond motifs is 3. The summed E-state index contributed by atoms with van der Waals surface area (Å²) < 4.78 is 23.2. The van der Waals surface area contributed by atoms with Crippen LogP contribution in [0.4, 0.5) is 0 Å². The van der Waals surface area contributed by atoms with Gasteiger partial charge in [0.1, 0.15) is 12.2 Å². The maximum atomic E-state index is 12.5. The predicted octanol–water partition coefficient (Wildman–Crippen LogP) is 1.25. The van der Waals surface area contributed by atoms with Crippen LogP contribution in [0.15, 0.2) is 23.8 Å². The molecule has 8 nitrogen and oxygen atoms in total. The number of rotatable bonds is 4. The summed E-state index contributed by atoms with van der Waals surface area (Å²) in [5.41, 5.74) is -0.473. The molecule has 0 spiro atoms. The van der Waals surface area contributed by atoms with Gasteiger partial charge in [0.15, 0.2) is 5.79 Å². The second kappa shape index (κ2) is 7.83. The first kappa shape index (κ1) is 22.0. The molecular formula is C21H30O8. The number of methoxy groups -OCH3 is 1. The van der Waals surface area contributed by atoms with E-state index in [1.165, 1.54) is 7.11 Å². The van der Waals surface area contributed by atoms with E-state index in [1.54, 1.807) is 26.8 Å². The van der Waals surface area contributed by atoms with Crippen molar-refractivity contribution in [1.82, 2.24) is 0 Å². The summed E-state index contributed by atoms with van der Waals surface area (Å²) in [5, 5.41) is 20.9. The number of hydrogen-bond donors (Lipinski definition) is 2. The molecule has 162 valence electrons. The third kappa shape index (κ3) is 3.63. The maximum absolute atomic E-state index is 12.5. The Morgan fingerprint density at radius 2 is 2.10 bits per heavy atom. The van der Waals surface area contributed by atoms with Gasteiger partial charge in [-0.2, -0.15) is 0 Å². The predicted molar refractivity (Wildman–Crippen MR) is 101 cm³/mol. The Bertz CT molecular complexity index is 730. The van der Waals surface area contributed by atoms with Crippen LogP contribution in [-0.4, -0.2) is 65.6 Å². The molecular weight excluding hydrogens is 380 g/mol. The number of ether oxygens (including phenoxy) is 4. The van der Waals surface area contributed by atoms with Crippen LogP contribution in [0.1, 0.15) is 40.0 Å². The summed E-state index contributed by atoms with van der Waals surface area (Å²) in [5.74, 6) is -3.46. The van der Waals surface area contributed by atoms with E-state index >= 15 is 0 Å². The highest BCUT2D eigenvalue weighted by Gasteiger charge is 2.61. The highest BCUT2D eigenvalue weighted by molar-refractivity contribution is 5.91. The molecule has 29 heavy (non-hydrogen) atoms. The number of esters is 2. The first-order chi connectivity index (χ1) is 13.6. The van der Waals surface area contributed by atoms with Crippen LogP contribution in [0.3, 0.4) is 0 Å². The average molecular weight is 410 g/mol. The van der Waals surface area contributed by atoms with Crippen molar-refractivity contribution < 1.29 is 38.7 Å². The standard InChI is InChI=1S/C21H30O8/c1-6-11(2)18(24)28-15-8-20(4)16(23)9-21(26-5,29-20)13(10-22)7-14-17(15)12(3)19(25)27-14/h6,13-17,22-23H,3,7-10H2,1-2,4-5H3. The van der Waals surface area contributed by atoms with E-state index in [4.69, 9.17) is 18.9 Å². The quantitative estimate of drug-likeness (QED) is 0.526. The molecule has 0 amide bonds. The van der Waals surface area contributed by atoms with Crippen LogP contribution >= 0.6 is 0 Å². The van der Waals surface area contributed by atoms with Gasteiger partial charge < -0.3 is 29.2 Å². The molecule has 0 aromatic carbocycles. The third-order valence-corrected chi connectivity index (χ3v) is 6.64. The second-order valence-corrected chi connectivity index (χ2v) is 8.38. The number of aliphatic hydroxyl groups is 2. The van der Waals surface area contributed by atoms with Crippen LogP contribution in [0.2, 0.25) is 0 Å². The van der Waals surface area contributed by atoms with Gasteiger partial charge in [-0.3, -0.25) is 0 Å². The lowest BCUT2D eigenvalue weighted by Crippen LogP contribution is -2.45. The Morgan fingerprint density at radius 3 is 2.69 bits per heavy atom. The van der Waals surface area contributed by atoms with Crippen molar-refractivity contribution in [3.05, 3.63) is 23.8 Å². The average Bonchev–Trinajstić information content (AvgIpc) is 3.12. The fraction of sp³-hybridized carbons (Fsp3) is 0.714. The fourth-order valence-corrected chi connectivity index (χ4v) is 4.68. The first-order valence-electron chi connectivity index (χ1n) is 9.88. The van der Waals surface area contributed by atoms with E-state index < -0.39 is 53.5 Å². The zero-order chi connectivity index (χ0) is 21.6. The summed E-state index contributed by atoms with van der Waals surface area (Å²) in [7, 11) is 1.46. The normalized spacial score (nSPS) is 42.6. The number of carbonyl (C=O) groups is 2. The van der Waals surface area contributed by atoms with E-state index in [0.29, 0.717) is 5.57 Å². The monoisotopic (exact) mass is 410 g/mol. The van der Waals surface area contributed by atoms with E-state index in [-0.39, 0.29) is 31.4 Å². The van der Waals surface area contributed by atoms with Gasteiger partial charge in [0.2, 0.25) is 0 Å². The molecule has 0 aromatic heterocycles. The topological polar surface area (TPSA) is 112 Å². The number of carbonyl (C=O) groups excluding carboxylic acids is 2. The van der Waals surface area contributed by atoms with Crippen LogP contribution in [0, 0.1) is 11.8 Å². The number of allylic oxidation sites excluding steroid dienone is 1. The van der Waals surface area contributed by atoms with E-state index in [2.05, 4.69) is 6.58 Å². The smallest absolute Gasteiger partial charge is 0.334 e. The van der Waals surface area contributed by atoms with Gasteiger partial charge in [0.25, 0.3) is 0 Å². The lowest BCUT2D eigenvalue weighted by molar-refractivity contribution is -0.274. The molecule has 0 saturated carbocycles. The lowest BCUT2D eigenvalue weighted by Gasteiger charge is -2.37. The zero-order valence-corrected chi connectivity index (χ0v) is 17.3. The van der Waals surface area contributed by atoms with Gasteiger partial charge in [0.05, 0.1) is 24.2 Å². The summed E-state index contributed by atoms with van der Waals surface area (Å²) in [6, 6.07) is 0. The van der Waals surface area contributed by atoms with Crippen LogP contribution in [-0.2, 0) is 28.5 Å². The molecule has 0 aliphatic carbocycles. The Balaban J connectivity index is 2.06. The van der Waals surface area contributed by atoms with Crippen molar-refractivity contribution in [2.45, 2.75) is 69.7 Å². The minimum atomic E-state index is -1.23. The Hall–Kier alpha value is -1.74. The summed E-state index contributed by atoms with van der Waals surface area (Å²) in [4.78, 5) is 24.8.